The lowest BCUT2D eigenvalue weighted by molar-refractivity contribution is 0.101. The lowest BCUT2D eigenvalue weighted by Gasteiger charge is -2.10. The van der Waals surface area contributed by atoms with Crippen molar-refractivity contribution in [2.75, 3.05) is 10.6 Å². The van der Waals surface area contributed by atoms with Crippen molar-refractivity contribution in [3.8, 4) is 5.69 Å². The Bertz CT molecular complexity index is 1310. The minimum Gasteiger partial charge on any atom is -0.469 e. The SMILES string of the molecule is Cc1occc1C(=O)Nc1cc(NC(=O)c2cnn(-c3ccc(Br)cc3)c2C)ccc1F. The van der Waals surface area contributed by atoms with E-state index in [2.05, 4.69) is 31.7 Å². The highest BCUT2D eigenvalue weighted by molar-refractivity contribution is 9.10. The second-order valence-electron chi connectivity index (χ2n) is 7.03. The summed E-state index contributed by atoms with van der Waals surface area (Å²) in [6, 6.07) is 13.0. The summed E-state index contributed by atoms with van der Waals surface area (Å²) >= 11 is 3.39. The lowest BCUT2D eigenvalue weighted by atomic mass is 10.2. The van der Waals surface area contributed by atoms with Crippen molar-refractivity contribution in [1.82, 2.24) is 9.78 Å². The number of aryl methyl sites for hydroxylation is 1. The van der Waals surface area contributed by atoms with Gasteiger partial charge < -0.3 is 15.1 Å². The van der Waals surface area contributed by atoms with E-state index in [1.807, 2.05) is 24.3 Å². The number of aromatic nitrogens is 2. The van der Waals surface area contributed by atoms with E-state index < -0.39 is 17.6 Å². The smallest absolute Gasteiger partial charge is 0.259 e. The Kier molecular flexibility index (Phi) is 5.91. The van der Waals surface area contributed by atoms with Gasteiger partial charge in [0.1, 0.15) is 11.6 Å². The van der Waals surface area contributed by atoms with Crippen LogP contribution in [0.15, 0.2) is 69.9 Å². The number of carbonyl (C=O) groups is 2. The largest absolute Gasteiger partial charge is 0.469 e. The Hall–Kier alpha value is -3.72. The first-order chi connectivity index (χ1) is 15.3. The van der Waals surface area contributed by atoms with Gasteiger partial charge in [-0.2, -0.15) is 5.10 Å². The zero-order valence-electron chi connectivity index (χ0n) is 17.1. The average molecular weight is 497 g/mol. The van der Waals surface area contributed by atoms with Crippen LogP contribution in [0.4, 0.5) is 15.8 Å². The molecule has 2 amide bonds. The molecule has 0 radical (unpaired) electrons. The quantitative estimate of drug-likeness (QED) is 0.382. The number of hydrogen-bond acceptors (Lipinski definition) is 4. The summed E-state index contributed by atoms with van der Waals surface area (Å²) in [6.45, 7) is 3.42. The molecule has 0 aliphatic rings. The Balaban J connectivity index is 1.53. The maximum Gasteiger partial charge on any atom is 0.259 e. The summed E-state index contributed by atoms with van der Waals surface area (Å²) in [7, 11) is 0. The number of nitrogens with one attached hydrogen (secondary N) is 2. The van der Waals surface area contributed by atoms with Crippen LogP contribution in [0.25, 0.3) is 5.69 Å². The van der Waals surface area contributed by atoms with E-state index >= 15 is 0 Å². The van der Waals surface area contributed by atoms with Gasteiger partial charge in [-0.15, -0.1) is 0 Å². The molecule has 0 aliphatic heterocycles. The molecule has 2 heterocycles. The van der Waals surface area contributed by atoms with E-state index in [1.54, 1.807) is 18.5 Å². The van der Waals surface area contributed by atoms with E-state index in [-0.39, 0.29) is 5.69 Å². The molecule has 7 nitrogen and oxygen atoms in total. The van der Waals surface area contributed by atoms with Crippen LogP contribution in [0.1, 0.15) is 32.2 Å². The highest BCUT2D eigenvalue weighted by Crippen LogP contribution is 2.23. The molecule has 4 aromatic rings. The van der Waals surface area contributed by atoms with Crippen molar-refractivity contribution in [3.63, 3.8) is 0 Å². The second kappa shape index (κ2) is 8.80. The van der Waals surface area contributed by atoms with Gasteiger partial charge in [-0.25, -0.2) is 9.07 Å². The summed E-state index contributed by atoms with van der Waals surface area (Å²) in [5.41, 5.74) is 2.40. The van der Waals surface area contributed by atoms with Gasteiger partial charge in [0.2, 0.25) is 0 Å². The molecule has 4 rings (SSSR count). The second-order valence-corrected chi connectivity index (χ2v) is 7.94. The number of carbonyl (C=O) groups excluding carboxylic acids is 2. The van der Waals surface area contributed by atoms with Crippen molar-refractivity contribution in [2.45, 2.75) is 13.8 Å². The van der Waals surface area contributed by atoms with Crippen molar-refractivity contribution < 1.29 is 18.4 Å². The van der Waals surface area contributed by atoms with Gasteiger partial charge in [0.05, 0.1) is 40.7 Å². The zero-order valence-corrected chi connectivity index (χ0v) is 18.7. The van der Waals surface area contributed by atoms with Crippen molar-refractivity contribution in [2.24, 2.45) is 0 Å². The van der Waals surface area contributed by atoms with Gasteiger partial charge in [-0.1, -0.05) is 15.9 Å². The Morgan fingerprint density at radius 3 is 2.41 bits per heavy atom. The maximum absolute atomic E-state index is 14.2. The summed E-state index contributed by atoms with van der Waals surface area (Å²) in [5.74, 6) is -1.12. The summed E-state index contributed by atoms with van der Waals surface area (Å²) in [5, 5.41) is 9.53. The van der Waals surface area contributed by atoms with Crippen molar-refractivity contribution in [1.29, 1.82) is 0 Å². The van der Waals surface area contributed by atoms with Crippen molar-refractivity contribution >= 4 is 39.1 Å². The average Bonchev–Trinajstić information content (AvgIpc) is 3.36. The Labute approximate surface area is 191 Å². The normalized spacial score (nSPS) is 10.8. The number of benzene rings is 2. The van der Waals surface area contributed by atoms with Crippen LogP contribution in [-0.2, 0) is 0 Å². The number of furan rings is 1. The van der Waals surface area contributed by atoms with Gasteiger partial charge in [0.15, 0.2) is 0 Å². The Morgan fingerprint density at radius 1 is 1.00 bits per heavy atom. The van der Waals surface area contributed by atoms with Gasteiger partial charge >= 0.3 is 0 Å². The summed E-state index contributed by atoms with van der Waals surface area (Å²) in [6.07, 6.45) is 2.86. The van der Waals surface area contributed by atoms with E-state index in [0.29, 0.717) is 28.3 Å². The molecule has 0 unspecified atom stereocenters. The molecule has 0 saturated heterocycles. The standard InChI is InChI=1S/C23H18BrFN4O3/c1-13-19(12-26-29(13)17-6-3-15(24)4-7-17)23(31)27-16-5-8-20(25)21(11-16)28-22(30)18-9-10-32-14(18)2/h3-12H,1-2H3,(H,27,31)(H,28,30). The minimum absolute atomic E-state index is 0.0596. The number of halogens is 2. The first-order valence-electron chi connectivity index (χ1n) is 9.60. The third kappa shape index (κ3) is 4.33. The van der Waals surface area contributed by atoms with Gasteiger partial charge in [0, 0.05) is 10.2 Å². The molecule has 32 heavy (non-hydrogen) atoms. The first kappa shape index (κ1) is 21.5. The molecular formula is C23H18BrFN4O3. The molecule has 0 atom stereocenters. The molecule has 9 heteroatoms. The number of hydrogen-bond donors (Lipinski definition) is 2. The van der Waals surface area contributed by atoms with Crippen LogP contribution in [0.2, 0.25) is 0 Å². The molecule has 2 aromatic heterocycles. The Morgan fingerprint density at radius 2 is 1.72 bits per heavy atom. The fraction of sp³-hybridized carbons (Fsp3) is 0.0870. The van der Waals surface area contributed by atoms with E-state index in [1.165, 1.54) is 36.7 Å². The molecule has 0 saturated carbocycles. The molecule has 2 aromatic carbocycles. The molecule has 0 spiro atoms. The number of rotatable bonds is 5. The number of amides is 2. The molecule has 0 bridgehead atoms. The van der Waals surface area contributed by atoms with Crippen LogP contribution in [0, 0.1) is 19.7 Å². The minimum atomic E-state index is -0.628. The fourth-order valence-electron chi connectivity index (χ4n) is 3.18. The maximum atomic E-state index is 14.2. The molecule has 0 fully saturated rings. The van der Waals surface area contributed by atoms with E-state index in [9.17, 15) is 14.0 Å². The van der Waals surface area contributed by atoms with Gasteiger partial charge in [0.25, 0.3) is 11.8 Å². The molecule has 162 valence electrons. The van der Waals surface area contributed by atoms with Crippen LogP contribution in [-0.4, -0.2) is 21.6 Å². The predicted octanol–water partition coefficient (Wildman–Crippen LogP) is 5.49. The monoisotopic (exact) mass is 496 g/mol. The third-order valence-electron chi connectivity index (χ3n) is 4.90. The van der Waals surface area contributed by atoms with Crippen LogP contribution in [0.3, 0.4) is 0 Å². The van der Waals surface area contributed by atoms with E-state index in [0.717, 1.165) is 10.2 Å². The highest BCUT2D eigenvalue weighted by atomic mass is 79.9. The van der Waals surface area contributed by atoms with E-state index in [4.69, 9.17) is 4.42 Å². The number of anilines is 2. The third-order valence-corrected chi connectivity index (χ3v) is 5.43. The van der Waals surface area contributed by atoms with Gasteiger partial charge in [-0.3, -0.25) is 9.59 Å². The fourth-order valence-corrected chi connectivity index (χ4v) is 3.45. The van der Waals surface area contributed by atoms with Gasteiger partial charge in [-0.05, 0) is 62.4 Å². The summed E-state index contributed by atoms with van der Waals surface area (Å²) < 4.78 is 22.0. The van der Waals surface area contributed by atoms with Crippen molar-refractivity contribution in [3.05, 3.63) is 93.9 Å². The molecule has 2 N–H and O–H groups in total. The zero-order chi connectivity index (χ0) is 22.8. The van der Waals surface area contributed by atoms with Crippen LogP contribution < -0.4 is 10.6 Å². The first-order valence-corrected chi connectivity index (χ1v) is 10.4. The predicted molar refractivity (Wildman–Crippen MR) is 122 cm³/mol. The highest BCUT2D eigenvalue weighted by Gasteiger charge is 2.17. The lowest BCUT2D eigenvalue weighted by Crippen LogP contribution is -2.15. The van der Waals surface area contributed by atoms with Crippen LogP contribution in [0.5, 0.6) is 0 Å². The summed E-state index contributed by atoms with van der Waals surface area (Å²) in [4.78, 5) is 25.2. The topological polar surface area (TPSA) is 89.2 Å². The molecule has 0 aliphatic carbocycles. The molecular weight excluding hydrogens is 479 g/mol. The number of nitrogens with zero attached hydrogens (tertiary/aromatic N) is 2. The van der Waals surface area contributed by atoms with Crippen LogP contribution >= 0.6 is 15.9 Å².